The molecule has 2 rings (SSSR count). The first-order valence-electron chi connectivity index (χ1n) is 7.83. The van der Waals surface area contributed by atoms with Crippen molar-refractivity contribution >= 4 is 11.9 Å². The molecule has 6 heteroatoms. The van der Waals surface area contributed by atoms with Crippen molar-refractivity contribution in [1.29, 1.82) is 0 Å². The fourth-order valence-electron chi connectivity index (χ4n) is 2.17. The van der Waals surface area contributed by atoms with Crippen molar-refractivity contribution in [3.63, 3.8) is 0 Å². The van der Waals surface area contributed by atoms with Gasteiger partial charge in [0.15, 0.2) is 6.10 Å². The van der Waals surface area contributed by atoms with Gasteiger partial charge in [-0.25, -0.2) is 4.39 Å². The third-order valence-electron chi connectivity index (χ3n) is 3.60. The van der Waals surface area contributed by atoms with Gasteiger partial charge in [0, 0.05) is 6.54 Å². The molecule has 0 unspecified atom stereocenters. The molecule has 0 heterocycles. The molecular weight excluding hydrogens is 325 g/mol. The molecule has 25 heavy (non-hydrogen) atoms. The summed E-state index contributed by atoms with van der Waals surface area (Å²) in [5.41, 5.74) is 1.12. The molecule has 0 aliphatic rings. The monoisotopic (exact) mass is 345 g/mol. The molecular formula is C19H20FNO4. The van der Waals surface area contributed by atoms with Crippen molar-refractivity contribution in [2.45, 2.75) is 26.0 Å². The number of esters is 1. The molecule has 0 aliphatic heterocycles. The van der Waals surface area contributed by atoms with Crippen molar-refractivity contribution < 1.29 is 23.5 Å². The second-order valence-electron chi connectivity index (χ2n) is 5.47. The van der Waals surface area contributed by atoms with E-state index in [0.29, 0.717) is 6.54 Å². The van der Waals surface area contributed by atoms with E-state index in [1.807, 2.05) is 12.1 Å². The van der Waals surface area contributed by atoms with Crippen LogP contribution in [0, 0.1) is 5.82 Å². The lowest BCUT2D eigenvalue weighted by Gasteiger charge is -2.14. The highest BCUT2D eigenvalue weighted by Crippen LogP contribution is 2.11. The van der Waals surface area contributed by atoms with Crippen LogP contribution in [0.1, 0.15) is 18.1 Å². The van der Waals surface area contributed by atoms with Crippen LogP contribution in [0.3, 0.4) is 0 Å². The molecule has 1 amide bonds. The maximum atomic E-state index is 13.5. The first-order valence-corrected chi connectivity index (χ1v) is 7.83. The predicted molar refractivity (Wildman–Crippen MR) is 90.5 cm³/mol. The summed E-state index contributed by atoms with van der Waals surface area (Å²) in [4.78, 5) is 23.8. The Morgan fingerprint density at radius 1 is 1.12 bits per heavy atom. The fraction of sp³-hybridized carbons (Fsp3) is 0.263. The van der Waals surface area contributed by atoms with E-state index in [0.717, 1.165) is 11.3 Å². The summed E-state index contributed by atoms with van der Waals surface area (Å²) in [7, 11) is 1.58. The predicted octanol–water partition coefficient (Wildman–Crippen LogP) is 2.62. The van der Waals surface area contributed by atoms with Crippen LogP contribution in [-0.4, -0.2) is 25.1 Å². The molecule has 1 atom stereocenters. The van der Waals surface area contributed by atoms with Gasteiger partial charge >= 0.3 is 5.97 Å². The molecule has 0 aromatic heterocycles. The van der Waals surface area contributed by atoms with Crippen molar-refractivity contribution in [2.24, 2.45) is 0 Å². The summed E-state index contributed by atoms with van der Waals surface area (Å²) in [5.74, 6) is -0.823. The third-order valence-corrected chi connectivity index (χ3v) is 3.60. The average Bonchev–Trinajstić information content (AvgIpc) is 2.62. The van der Waals surface area contributed by atoms with Crippen LogP contribution in [0.25, 0.3) is 0 Å². The van der Waals surface area contributed by atoms with Gasteiger partial charge in [0.2, 0.25) is 0 Å². The standard InChI is InChI=1S/C19H20FNO4/c1-13(25-18(22)11-15-5-3-4-6-17(15)20)19(23)21-12-14-7-9-16(24-2)10-8-14/h3-10,13H,11-12H2,1-2H3,(H,21,23)/t13-/m1/s1. The van der Waals surface area contributed by atoms with E-state index in [9.17, 15) is 14.0 Å². The van der Waals surface area contributed by atoms with Crippen LogP contribution in [0.2, 0.25) is 0 Å². The molecule has 132 valence electrons. The molecule has 0 spiro atoms. The van der Waals surface area contributed by atoms with Gasteiger partial charge in [0.05, 0.1) is 13.5 Å². The minimum absolute atomic E-state index is 0.219. The van der Waals surface area contributed by atoms with E-state index >= 15 is 0 Å². The second-order valence-corrected chi connectivity index (χ2v) is 5.47. The van der Waals surface area contributed by atoms with E-state index in [4.69, 9.17) is 9.47 Å². The Hall–Kier alpha value is -2.89. The molecule has 0 aliphatic carbocycles. The topological polar surface area (TPSA) is 64.6 Å². The van der Waals surface area contributed by atoms with Crippen molar-refractivity contribution in [2.75, 3.05) is 7.11 Å². The van der Waals surface area contributed by atoms with Gasteiger partial charge in [0.25, 0.3) is 5.91 Å². The van der Waals surface area contributed by atoms with E-state index in [1.54, 1.807) is 31.4 Å². The summed E-state index contributed by atoms with van der Waals surface area (Å²) in [5, 5.41) is 2.69. The summed E-state index contributed by atoms with van der Waals surface area (Å²) in [6.07, 6.45) is -1.18. The second kappa shape index (κ2) is 8.82. The summed E-state index contributed by atoms with van der Waals surface area (Å²) < 4.78 is 23.6. The lowest BCUT2D eigenvalue weighted by atomic mass is 10.1. The van der Waals surface area contributed by atoms with Crippen molar-refractivity contribution in [3.05, 3.63) is 65.5 Å². The lowest BCUT2D eigenvalue weighted by molar-refractivity contribution is -0.154. The normalized spacial score (nSPS) is 11.5. The van der Waals surface area contributed by atoms with Crippen LogP contribution in [0.5, 0.6) is 5.75 Å². The van der Waals surface area contributed by atoms with Crippen LogP contribution in [0.4, 0.5) is 4.39 Å². The number of halogens is 1. The molecule has 5 nitrogen and oxygen atoms in total. The zero-order chi connectivity index (χ0) is 18.2. The maximum absolute atomic E-state index is 13.5. The van der Waals surface area contributed by atoms with E-state index in [1.165, 1.54) is 19.1 Å². The summed E-state index contributed by atoms with van der Waals surface area (Å²) >= 11 is 0. The fourth-order valence-corrected chi connectivity index (χ4v) is 2.17. The zero-order valence-electron chi connectivity index (χ0n) is 14.1. The summed E-state index contributed by atoms with van der Waals surface area (Å²) in [6.45, 7) is 1.78. The van der Waals surface area contributed by atoms with Gasteiger partial charge in [-0.05, 0) is 36.2 Å². The number of hydrogen-bond acceptors (Lipinski definition) is 4. The number of carbonyl (C=O) groups is 2. The van der Waals surface area contributed by atoms with Gasteiger partial charge in [0.1, 0.15) is 11.6 Å². The highest BCUT2D eigenvalue weighted by Gasteiger charge is 2.18. The molecule has 0 radical (unpaired) electrons. The first-order chi connectivity index (χ1) is 12.0. The molecule has 0 bridgehead atoms. The van der Waals surface area contributed by atoms with Gasteiger partial charge in [-0.1, -0.05) is 30.3 Å². The van der Waals surface area contributed by atoms with Crippen LogP contribution in [0.15, 0.2) is 48.5 Å². The zero-order valence-corrected chi connectivity index (χ0v) is 14.1. The Morgan fingerprint density at radius 3 is 2.44 bits per heavy atom. The van der Waals surface area contributed by atoms with Crippen molar-refractivity contribution in [1.82, 2.24) is 5.32 Å². The van der Waals surface area contributed by atoms with Gasteiger partial charge in [-0.15, -0.1) is 0 Å². The minimum Gasteiger partial charge on any atom is -0.497 e. The molecule has 0 saturated heterocycles. The number of hydrogen-bond donors (Lipinski definition) is 1. The van der Waals surface area contributed by atoms with Crippen LogP contribution >= 0.6 is 0 Å². The van der Waals surface area contributed by atoms with Gasteiger partial charge < -0.3 is 14.8 Å². The molecule has 0 saturated carbocycles. The molecule has 1 N–H and O–H groups in total. The number of carbonyl (C=O) groups excluding carboxylic acids is 2. The van der Waals surface area contributed by atoms with Crippen molar-refractivity contribution in [3.8, 4) is 5.75 Å². The Bertz CT molecular complexity index is 730. The first kappa shape index (κ1) is 18.4. The Labute approximate surface area is 145 Å². The molecule has 0 fully saturated rings. The third kappa shape index (κ3) is 5.60. The number of methoxy groups -OCH3 is 1. The Balaban J connectivity index is 1.80. The number of benzene rings is 2. The average molecular weight is 345 g/mol. The van der Waals surface area contributed by atoms with E-state index in [-0.39, 0.29) is 12.0 Å². The molecule has 2 aromatic rings. The Morgan fingerprint density at radius 2 is 1.80 bits per heavy atom. The number of nitrogens with one attached hydrogen (secondary N) is 1. The largest absolute Gasteiger partial charge is 0.497 e. The highest BCUT2D eigenvalue weighted by molar-refractivity contribution is 5.83. The van der Waals surface area contributed by atoms with E-state index < -0.39 is 23.8 Å². The SMILES string of the molecule is COc1ccc(CNC(=O)[C@@H](C)OC(=O)Cc2ccccc2F)cc1. The lowest BCUT2D eigenvalue weighted by Crippen LogP contribution is -2.35. The van der Waals surface area contributed by atoms with Crippen LogP contribution in [-0.2, 0) is 27.3 Å². The number of rotatable bonds is 7. The van der Waals surface area contributed by atoms with E-state index in [2.05, 4.69) is 5.32 Å². The minimum atomic E-state index is -0.961. The summed E-state index contributed by atoms with van der Waals surface area (Å²) in [6, 6.07) is 13.2. The molecule has 2 aromatic carbocycles. The highest BCUT2D eigenvalue weighted by atomic mass is 19.1. The Kier molecular flexibility index (Phi) is 6.51. The number of amides is 1. The number of ether oxygens (including phenoxy) is 2. The smallest absolute Gasteiger partial charge is 0.311 e. The van der Waals surface area contributed by atoms with Crippen LogP contribution < -0.4 is 10.1 Å². The maximum Gasteiger partial charge on any atom is 0.311 e. The van der Waals surface area contributed by atoms with Gasteiger partial charge in [-0.2, -0.15) is 0 Å². The quantitative estimate of drug-likeness (QED) is 0.784. The van der Waals surface area contributed by atoms with Gasteiger partial charge in [-0.3, -0.25) is 9.59 Å².